The van der Waals surface area contributed by atoms with Gasteiger partial charge in [-0.25, -0.2) is 4.79 Å². The maximum absolute atomic E-state index is 11.9. The number of hydrogen-bond donors (Lipinski definition) is 0. The fraction of sp³-hybridized carbons (Fsp3) is 0.467. The van der Waals surface area contributed by atoms with E-state index in [4.69, 9.17) is 4.74 Å². The molecule has 0 N–H and O–H groups in total. The molecule has 0 radical (unpaired) electrons. The number of benzene rings is 1. The summed E-state index contributed by atoms with van der Waals surface area (Å²) >= 11 is 1.65. The maximum Gasteiger partial charge on any atom is 0.338 e. The number of esters is 1. The van der Waals surface area contributed by atoms with Gasteiger partial charge < -0.3 is 9.64 Å². The average Bonchev–Trinajstić information content (AvgIpc) is 2.85. The van der Waals surface area contributed by atoms with Crippen molar-refractivity contribution >= 4 is 29.3 Å². The third-order valence-electron chi connectivity index (χ3n) is 3.10. The van der Waals surface area contributed by atoms with Crippen LogP contribution in [-0.4, -0.2) is 30.8 Å². The fourth-order valence-electron chi connectivity index (χ4n) is 2.24. The Labute approximate surface area is 123 Å². The van der Waals surface area contributed by atoms with Crippen molar-refractivity contribution < 1.29 is 14.3 Å². The number of ether oxygens (including phenoxy) is 1. The van der Waals surface area contributed by atoms with Gasteiger partial charge in [0.05, 0.1) is 12.2 Å². The molecule has 108 valence electrons. The molecule has 0 aliphatic carbocycles. The van der Waals surface area contributed by atoms with Crippen LogP contribution >= 0.6 is 11.8 Å². The summed E-state index contributed by atoms with van der Waals surface area (Å²) in [6.07, 6.45) is 1.46. The highest BCUT2D eigenvalue weighted by atomic mass is 32.2. The molecule has 5 heteroatoms. The summed E-state index contributed by atoms with van der Waals surface area (Å²) in [5.41, 5.74) is 1.31. The molecule has 0 unspecified atom stereocenters. The number of thioether (sulfide) groups is 1. The van der Waals surface area contributed by atoms with E-state index < -0.39 is 0 Å². The van der Waals surface area contributed by atoms with E-state index >= 15 is 0 Å². The third-order valence-corrected chi connectivity index (χ3v) is 3.96. The molecule has 0 bridgehead atoms. The van der Waals surface area contributed by atoms with Gasteiger partial charge in [0.15, 0.2) is 0 Å². The van der Waals surface area contributed by atoms with Crippen molar-refractivity contribution in [1.29, 1.82) is 0 Å². The summed E-state index contributed by atoms with van der Waals surface area (Å²) in [6.45, 7) is 4.92. The number of nitrogens with zero attached hydrogens (tertiary/aromatic N) is 1. The number of carbonyl (C=O) groups excluding carboxylic acids is 2. The van der Waals surface area contributed by atoms with Gasteiger partial charge in [-0.15, -0.1) is 11.8 Å². The molecule has 1 fully saturated rings. The van der Waals surface area contributed by atoms with E-state index in [-0.39, 0.29) is 11.9 Å². The van der Waals surface area contributed by atoms with Gasteiger partial charge >= 0.3 is 5.97 Å². The van der Waals surface area contributed by atoms with E-state index in [1.54, 1.807) is 29.7 Å². The van der Waals surface area contributed by atoms with Crippen molar-refractivity contribution in [2.24, 2.45) is 0 Å². The van der Waals surface area contributed by atoms with Crippen molar-refractivity contribution in [2.75, 3.05) is 23.8 Å². The highest BCUT2D eigenvalue weighted by molar-refractivity contribution is 7.99. The number of carbonyl (C=O) groups is 2. The Morgan fingerprint density at radius 2 is 2.15 bits per heavy atom. The van der Waals surface area contributed by atoms with Crippen LogP contribution < -0.4 is 4.90 Å². The number of anilines is 1. The molecule has 1 amide bonds. The van der Waals surface area contributed by atoms with Crippen LogP contribution in [0, 0.1) is 0 Å². The van der Waals surface area contributed by atoms with E-state index in [2.05, 4.69) is 6.92 Å². The topological polar surface area (TPSA) is 46.6 Å². The van der Waals surface area contributed by atoms with E-state index in [1.807, 2.05) is 12.1 Å². The lowest BCUT2D eigenvalue weighted by Crippen LogP contribution is -2.24. The molecule has 20 heavy (non-hydrogen) atoms. The van der Waals surface area contributed by atoms with E-state index in [9.17, 15) is 9.59 Å². The van der Waals surface area contributed by atoms with Crippen molar-refractivity contribution in [3.63, 3.8) is 0 Å². The fourth-order valence-corrected chi connectivity index (χ4v) is 2.99. The summed E-state index contributed by atoms with van der Waals surface area (Å²) in [4.78, 5) is 26.5. The standard InChI is InChI=1S/C15H19NO3S/c1-3-19-15(18)11-8-12(10-13(9-11)20-4-2)16-7-5-6-14(16)17/h8-10H,3-7H2,1-2H3. The van der Waals surface area contributed by atoms with Crippen molar-refractivity contribution in [3.8, 4) is 0 Å². The molecule has 0 saturated carbocycles. The minimum Gasteiger partial charge on any atom is -0.462 e. The van der Waals surface area contributed by atoms with E-state index in [0.717, 1.165) is 29.3 Å². The smallest absolute Gasteiger partial charge is 0.338 e. The van der Waals surface area contributed by atoms with Gasteiger partial charge in [-0.2, -0.15) is 0 Å². The second-order valence-electron chi connectivity index (χ2n) is 4.52. The Bertz CT molecular complexity index is 516. The first kappa shape index (κ1) is 14.9. The lowest BCUT2D eigenvalue weighted by atomic mass is 10.2. The minimum absolute atomic E-state index is 0.124. The molecule has 1 aliphatic heterocycles. The summed E-state index contributed by atoms with van der Waals surface area (Å²) in [6, 6.07) is 5.55. The van der Waals surface area contributed by atoms with Gasteiger partial charge in [-0.1, -0.05) is 6.92 Å². The molecule has 0 spiro atoms. The molecule has 1 aromatic carbocycles. The SMILES string of the molecule is CCOC(=O)c1cc(SCC)cc(N2CCCC2=O)c1. The van der Waals surface area contributed by atoms with E-state index in [1.165, 1.54) is 0 Å². The monoisotopic (exact) mass is 293 g/mol. The minimum atomic E-state index is -0.334. The molecule has 0 aromatic heterocycles. The first-order valence-electron chi connectivity index (χ1n) is 6.91. The molecular formula is C15H19NO3S. The number of hydrogen-bond acceptors (Lipinski definition) is 4. The second-order valence-corrected chi connectivity index (χ2v) is 5.86. The summed E-state index contributed by atoms with van der Waals surface area (Å²) < 4.78 is 5.05. The summed E-state index contributed by atoms with van der Waals surface area (Å²) in [5.74, 6) is 0.706. The molecule has 1 heterocycles. The quantitative estimate of drug-likeness (QED) is 0.618. The van der Waals surface area contributed by atoms with Crippen molar-refractivity contribution in [2.45, 2.75) is 31.6 Å². The first-order chi connectivity index (χ1) is 9.65. The van der Waals surface area contributed by atoms with Crippen LogP contribution in [0.15, 0.2) is 23.1 Å². The lowest BCUT2D eigenvalue weighted by Gasteiger charge is -2.18. The Morgan fingerprint density at radius 3 is 2.75 bits per heavy atom. The Morgan fingerprint density at radius 1 is 1.35 bits per heavy atom. The van der Waals surface area contributed by atoms with Gasteiger partial charge in [0.25, 0.3) is 0 Å². The molecule has 1 saturated heterocycles. The van der Waals surface area contributed by atoms with E-state index in [0.29, 0.717) is 18.6 Å². The van der Waals surface area contributed by atoms with Crippen LogP contribution in [0.1, 0.15) is 37.0 Å². The average molecular weight is 293 g/mol. The summed E-state index contributed by atoms with van der Waals surface area (Å²) in [5, 5.41) is 0. The lowest BCUT2D eigenvalue weighted by molar-refractivity contribution is -0.117. The van der Waals surface area contributed by atoms with Crippen LogP contribution in [0.5, 0.6) is 0 Å². The normalized spacial score (nSPS) is 14.7. The van der Waals surface area contributed by atoms with Crippen LogP contribution in [0.2, 0.25) is 0 Å². The zero-order chi connectivity index (χ0) is 14.5. The predicted octanol–water partition coefficient (Wildman–Crippen LogP) is 3.10. The first-order valence-corrected chi connectivity index (χ1v) is 7.89. The van der Waals surface area contributed by atoms with Gasteiger partial charge in [-0.3, -0.25) is 4.79 Å². The van der Waals surface area contributed by atoms with Crippen LogP contribution in [0.3, 0.4) is 0 Å². The highest BCUT2D eigenvalue weighted by Crippen LogP contribution is 2.29. The molecule has 1 aliphatic rings. The second kappa shape index (κ2) is 6.79. The summed E-state index contributed by atoms with van der Waals surface area (Å²) in [7, 11) is 0. The zero-order valence-electron chi connectivity index (χ0n) is 11.8. The van der Waals surface area contributed by atoms with Crippen LogP contribution in [0.25, 0.3) is 0 Å². The molecule has 1 aromatic rings. The zero-order valence-corrected chi connectivity index (χ0v) is 12.7. The largest absolute Gasteiger partial charge is 0.462 e. The predicted molar refractivity (Wildman–Crippen MR) is 80.4 cm³/mol. The Kier molecular flexibility index (Phi) is 5.06. The molecule has 2 rings (SSSR count). The van der Waals surface area contributed by atoms with Gasteiger partial charge in [0.2, 0.25) is 5.91 Å². The van der Waals surface area contributed by atoms with Crippen molar-refractivity contribution in [3.05, 3.63) is 23.8 Å². The maximum atomic E-state index is 11.9. The van der Waals surface area contributed by atoms with Crippen molar-refractivity contribution in [1.82, 2.24) is 0 Å². The Hall–Kier alpha value is -1.49. The van der Waals surface area contributed by atoms with Gasteiger partial charge in [-0.05, 0) is 37.3 Å². The molecule has 0 atom stereocenters. The Balaban J connectivity index is 2.35. The van der Waals surface area contributed by atoms with Crippen LogP contribution in [0.4, 0.5) is 5.69 Å². The molecule has 4 nitrogen and oxygen atoms in total. The van der Waals surface area contributed by atoms with Gasteiger partial charge in [0.1, 0.15) is 0 Å². The molecular weight excluding hydrogens is 274 g/mol. The number of amides is 1. The highest BCUT2D eigenvalue weighted by Gasteiger charge is 2.23. The number of rotatable bonds is 5. The third kappa shape index (κ3) is 3.33. The van der Waals surface area contributed by atoms with Gasteiger partial charge in [0, 0.05) is 23.5 Å². The van der Waals surface area contributed by atoms with Crippen LogP contribution in [-0.2, 0) is 9.53 Å².